The van der Waals surface area contributed by atoms with Crippen LogP contribution in [0.25, 0.3) is 0 Å². The molecular formula is C14H18N2O2. The molecule has 1 aliphatic carbocycles. The van der Waals surface area contributed by atoms with Crippen LogP contribution in [-0.4, -0.2) is 30.0 Å². The number of ether oxygens (including phenoxy) is 1. The molecule has 3 rings (SSSR count). The maximum atomic E-state index is 12.1. The first kappa shape index (κ1) is 11.5. The first-order chi connectivity index (χ1) is 8.66. The summed E-state index contributed by atoms with van der Waals surface area (Å²) < 4.78 is 5.42. The zero-order valence-electron chi connectivity index (χ0n) is 10.8. The first-order valence-electron chi connectivity index (χ1n) is 6.44. The van der Waals surface area contributed by atoms with Gasteiger partial charge in [0, 0.05) is 7.05 Å². The average Bonchev–Trinajstić information content (AvgIpc) is 3.12. The van der Waals surface area contributed by atoms with Gasteiger partial charge in [-0.1, -0.05) is 12.1 Å². The van der Waals surface area contributed by atoms with E-state index in [0.29, 0.717) is 6.61 Å². The van der Waals surface area contributed by atoms with Crippen molar-refractivity contribution in [2.24, 2.45) is 0 Å². The molecule has 2 fully saturated rings. The van der Waals surface area contributed by atoms with Gasteiger partial charge in [0.25, 0.3) is 0 Å². The van der Waals surface area contributed by atoms with Crippen molar-refractivity contribution in [3.05, 3.63) is 29.8 Å². The summed E-state index contributed by atoms with van der Waals surface area (Å²) in [6.07, 6.45) is 1.92. The van der Waals surface area contributed by atoms with Crippen LogP contribution in [0.4, 0.5) is 0 Å². The van der Waals surface area contributed by atoms with E-state index in [0.717, 1.165) is 24.2 Å². The zero-order valence-corrected chi connectivity index (χ0v) is 10.8. The third kappa shape index (κ3) is 1.68. The average molecular weight is 246 g/mol. The van der Waals surface area contributed by atoms with Gasteiger partial charge in [0.15, 0.2) is 0 Å². The molecule has 1 amide bonds. The quantitative estimate of drug-likeness (QED) is 0.882. The summed E-state index contributed by atoms with van der Waals surface area (Å²) in [4.78, 5) is 13.9. The van der Waals surface area contributed by atoms with Crippen LogP contribution < -0.4 is 10.1 Å². The Kier molecular flexibility index (Phi) is 2.55. The summed E-state index contributed by atoms with van der Waals surface area (Å²) in [6, 6.07) is 7.95. The predicted molar refractivity (Wildman–Crippen MR) is 68.2 cm³/mol. The van der Waals surface area contributed by atoms with E-state index < -0.39 is 0 Å². The van der Waals surface area contributed by atoms with Crippen molar-refractivity contribution in [2.45, 2.75) is 31.5 Å². The van der Waals surface area contributed by atoms with E-state index in [1.54, 1.807) is 0 Å². The first-order valence-corrected chi connectivity index (χ1v) is 6.44. The van der Waals surface area contributed by atoms with Crippen molar-refractivity contribution < 1.29 is 9.53 Å². The molecule has 1 spiro atoms. The highest BCUT2D eigenvalue weighted by molar-refractivity contribution is 5.91. The molecule has 1 aliphatic heterocycles. The number of nitrogens with one attached hydrogen (secondary N) is 1. The van der Waals surface area contributed by atoms with Crippen molar-refractivity contribution >= 4 is 5.91 Å². The van der Waals surface area contributed by atoms with Crippen LogP contribution in [0.1, 0.15) is 31.5 Å². The summed E-state index contributed by atoms with van der Waals surface area (Å²) in [6.45, 7) is 2.64. The van der Waals surface area contributed by atoms with Crippen LogP contribution in [0.15, 0.2) is 24.3 Å². The standard InChI is InChI=1S/C14H18N2O2/c1-3-18-11-6-4-10(5-7-11)12-15-14(8-9-14)13(17)16(12)2/h4-7,12,15H,3,8-9H2,1-2H3. The second-order valence-corrected chi connectivity index (χ2v) is 5.05. The Morgan fingerprint density at radius 3 is 2.56 bits per heavy atom. The van der Waals surface area contributed by atoms with Crippen LogP contribution >= 0.6 is 0 Å². The van der Waals surface area contributed by atoms with Crippen molar-refractivity contribution in [3.63, 3.8) is 0 Å². The SMILES string of the molecule is CCOc1ccc(C2NC3(CC3)C(=O)N2C)cc1. The summed E-state index contributed by atoms with van der Waals surface area (Å²) in [7, 11) is 1.86. The van der Waals surface area contributed by atoms with Crippen molar-refractivity contribution in [1.29, 1.82) is 0 Å². The van der Waals surface area contributed by atoms with E-state index in [2.05, 4.69) is 5.32 Å². The fraction of sp³-hybridized carbons (Fsp3) is 0.500. The van der Waals surface area contributed by atoms with Crippen LogP contribution in [0.5, 0.6) is 5.75 Å². The maximum absolute atomic E-state index is 12.1. The summed E-state index contributed by atoms with van der Waals surface area (Å²) in [5, 5.41) is 3.44. The lowest BCUT2D eigenvalue weighted by molar-refractivity contribution is -0.129. The summed E-state index contributed by atoms with van der Waals surface area (Å²) in [5.74, 6) is 1.09. The van der Waals surface area contributed by atoms with Gasteiger partial charge < -0.3 is 9.64 Å². The number of hydrogen-bond acceptors (Lipinski definition) is 3. The fourth-order valence-electron chi connectivity index (χ4n) is 2.58. The molecule has 18 heavy (non-hydrogen) atoms. The lowest BCUT2D eigenvalue weighted by Crippen LogP contribution is -2.30. The van der Waals surface area contributed by atoms with Crippen molar-refractivity contribution in [3.8, 4) is 5.75 Å². The van der Waals surface area contributed by atoms with Crippen LogP contribution in [0.3, 0.4) is 0 Å². The van der Waals surface area contributed by atoms with Gasteiger partial charge >= 0.3 is 0 Å². The van der Waals surface area contributed by atoms with Crippen LogP contribution in [0.2, 0.25) is 0 Å². The second kappa shape index (κ2) is 3.99. The molecule has 4 nitrogen and oxygen atoms in total. The Balaban J connectivity index is 1.80. The molecule has 4 heteroatoms. The number of carbonyl (C=O) groups is 1. The van der Waals surface area contributed by atoms with E-state index in [4.69, 9.17) is 4.74 Å². The van der Waals surface area contributed by atoms with Crippen molar-refractivity contribution in [2.75, 3.05) is 13.7 Å². The highest BCUT2D eigenvalue weighted by atomic mass is 16.5. The minimum Gasteiger partial charge on any atom is -0.494 e. The van der Waals surface area contributed by atoms with E-state index in [1.165, 1.54) is 0 Å². The molecule has 96 valence electrons. The molecule has 1 aromatic rings. The molecule has 0 bridgehead atoms. The Hall–Kier alpha value is -1.55. The molecule has 1 aromatic carbocycles. The van der Waals surface area contributed by atoms with Gasteiger partial charge in [-0.15, -0.1) is 0 Å². The molecule has 1 N–H and O–H groups in total. The number of benzene rings is 1. The summed E-state index contributed by atoms with van der Waals surface area (Å²) in [5.41, 5.74) is 0.857. The van der Waals surface area contributed by atoms with E-state index >= 15 is 0 Å². The van der Waals surface area contributed by atoms with E-state index in [9.17, 15) is 4.79 Å². The van der Waals surface area contributed by atoms with E-state index in [-0.39, 0.29) is 17.6 Å². The van der Waals surface area contributed by atoms with E-state index in [1.807, 2.05) is 43.1 Å². The number of likely N-dealkylation sites (N-methyl/N-ethyl adjacent to an activating group) is 1. The molecule has 1 unspecified atom stereocenters. The van der Waals surface area contributed by atoms with Crippen LogP contribution in [-0.2, 0) is 4.79 Å². The number of amides is 1. The molecule has 1 saturated heterocycles. The number of rotatable bonds is 3. The van der Waals surface area contributed by atoms with Gasteiger partial charge in [-0.25, -0.2) is 0 Å². The predicted octanol–water partition coefficient (Wildman–Crippen LogP) is 1.68. The zero-order chi connectivity index (χ0) is 12.8. The largest absolute Gasteiger partial charge is 0.494 e. The Bertz CT molecular complexity index is 465. The lowest BCUT2D eigenvalue weighted by atomic mass is 10.1. The molecule has 1 heterocycles. The lowest BCUT2D eigenvalue weighted by Gasteiger charge is -2.19. The van der Waals surface area contributed by atoms with Gasteiger partial charge in [0.2, 0.25) is 5.91 Å². The number of carbonyl (C=O) groups excluding carboxylic acids is 1. The molecule has 0 aromatic heterocycles. The topological polar surface area (TPSA) is 41.6 Å². The monoisotopic (exact) mass is 246 g/mol. The highest BCUT2D eigenvalue weighted by Crippen LogP contribution is 2.45. The number of hydrogen-bond donors (Lipinski definition) is 1. The third-order valence-corrected chi connectivity index (χ3v) is 3.79. The Labute approximate surface area is 107 Å². The van der Waals surface area contributed by atoms with Crippen LogP contribution in [0, 0.1) is 0 Å². The molecular weight excluding hydrogens is 228 g/mol. The maximum Gasteiger partial charge on any atom is 0.244 e. The van der Waals surface area contributed by atoms with Gasteiger partial charge in [-0.3, -0.25) is 10.1 Å². The van der Waals surface area contributed by atoms with Gasteiger partial charge in [-0.2, -0.15) is 0 Å². The summed E-state index contributed by atoms with van der Waals surface area (Å²) >= 11 is 0. The Morgan fingerprint density at radius 2 is 2.06 bits per heavy atom. The molecule has 1 atom stereocenters. The highest BCUT2D eigenvalue weighted by Gasteiger charge is 2.58. The van der Waals surface area contributed by atoms with Gasteiger partial charge in [0.1, 0.15) is 17.5 Å². The minimum absolute atomic E-state index is 0.00400. The smallest absolute Gasteiger partial charge is 0.244 e. The third-order valence-electron chi connectivity index (χ3n) is 3.79. The molecule has 0 radical (unpaired) electrons. The van der Waals surface area contributed by atoms with Crippen molar-refractivity contribution in [1.82, 2.24) is 10.2 Å². The normalized spacial score (nSPS) is 24.7. The fourth-order valence-corrected chi connectivity index (χ4v) is 2.58. The second-order valence-electron chi connectivity index (χ2n) is 5.05. The Morgan fingerprint density at radius 1 is 1.39 bits per heavy atom. The molecule has 1 saturated carbocycles. The van der Waals surface area contributed by atoms with Gasteiger partial charge in [0.05, 0.1) is 6.61 Å². The minimum atomic E-state index is -0.252. The molecule has 2 aliphatic rings. The van der Waals surface area contributed by atoms with Gasteiger partial charge in [-0.05, 0) is 37.5 Å². The number of nitrogens with zero attached hydrogens (tertiary/aromatic N) is 1.